The largest absolute Gasteiger partial charge is 0.490 e. The zero-order chi connectivity index (χ0) is 14.9. The van der Waals surface area contributed by atoms with Gasteiger partial charge >= 0.3 is 0 Å². The van der Waals surface area contributed by atoms with Crippen LogP contribution in [-0.2, 0) is 0 Å². The van der Waals surface area contributed by atoms with Gasteiger partial charge in [-0.1, -0.05) is 18.7 Å². The molecule has 1 N–H and O–H groups in total. The molecule has 21 heavy (non-hydrogen) atoms. The number of ether oxygens (including phenoxy) is 1. The Morgan fingerprint density at radius 2 is 2.14 bits per heavy atom. The molecule has 0 saturated heterocycles. The maximum absolute atomic E-state index is 11.9. The molecule has 0 saturated carbocycles. The average Bonchev–Trinajstić information content (AvgIpc) is 2.54. The number of carbonyl (C=O) groups excluding carboxylic acids is 1. The van der Waals surface area contributed by atoms with Gasteiger partial charge in [0.2, 0.25) is 0 Å². The fraction of sp³-hybridized carbons (Fsp3) is 0.0625. The van der Waals surface area contributed by atoms with Crippen molar-refractivity contribution in [2.75, 3.05) is 6.61 Å². The fourth-order valence-electron chi connectivity index (χ4n) is 1.54. The molecule has 0 bridgehead atoms. The van der Waals surface area contributed by atoms with Crippen molar-refractivity contribution in [3.63, 3.8) is 0 Å². The monoisotopic (exact) mass is 281 g/mol. The van der Waals surface area contributed by atoms with E-state index in [0.717, 1.165) is 5.56 Å². The van der Waals surface area contributed by atoms with Crippen LogP contribution in [0.4, 0.5) is 0 Å². The summed E-state index contributed by atoms with van der Waals surface area (Å²) in [6.07, 6.45) is 6.52. The quantitative estimate of drug-likeness (QED) is 0.502. The summed E-state index contributed by atoms with van der Waals surface area (Å²) in [4.78, 5) is 15.8. The first-order valence-corrected chi connectivity index (χ1v) is 6.37. The summed E-state index contributed by atoms with van der Waals surface area (Å²) >= 11 is 0. The van der Waals surface area contributed by atoms with Crippen molar-refractivity contribution in [2.45, 2.75) is 0 Å². The first-order valence-electron chi connectivity index (χ1n) is 6.37. The van der Waals surface area contributed by atoms with E-state index in [0.29, 0.717) is 17.9 Å². The molecule has 0 atom stereocenters. The van der Waals surface area contributed by atoms with Gasteiger partial charge in [-0.15, -0.1) is 0 Å². The SMILES string of the molecule is C=CCOc1ccc(C(=O)NN=Cc2cccnc2)cc1. The van der Waals surface area contributed by atoms with Crippen LogP contribution in [0, 0.1) is 0 Å². The van der Waals surface area contributed by atoms with Gasteiger partial charge in [0.05, 0.1) is 6.21 Å². The number of benzene rings is 1. The standard InChI is InChI=1S/C16H15N3O2/c1-2-10-21-15-7-5-14(6-8-15)16(20)19-18-12-13-4-3-9-17-11-13/h2-9,11-12H,1,10H2,(H,19,20). The summed E-state index contributed by atoms with van der Waals surface area (Å²) in [5, 5.41) is 3.88. The third kappa shape index (κ3) is 4.58. The van der Waals surface area contributed by atoms with Gasteiger partial charge in [-0.2, -0.15) is 5.10 Å². The molecule has 1 aromatic carbocycles. The third-order valence-electron chi connectivity index (χ3n) is 2.55. The van der Waals surface area contributed by atoms with Crippen molar-refractivity contribution in [3.05, 3.63) is 72.6 Å². The molecule has 2 aromatic rings. The molecule has 0 spiro atoms. The molecule has 5 heteroatoms. The molecule has 2 rings (SSSR count). The maximum Gasteiger partial charge on any atom is 0.271 e. The van der Waals surface area contributed by atoms with Gasteiger partial charge in [-0.3, -0.25) is 9.78 Å². The fourth-order valence-corrected chi connectivity index (χ4v) is 1.54. The topological polar surface area (TPSA) is 63.6 Å². The first-order chi connectivity index (χ1) is 10.3. The maximum atomic E-state index is 11.9. The number of carbonyl (C=O) groups is 1. The second kappa shape index (κ2) is 7.59. The van der Waals surface area contributed by atoms with Crippen LogP contribution in [0.3, 0.4) is 0 Å². The number of rotatable bonds is 6. The Kier molecular flexibility index (Phi) is 5.23. The van der Waals surface area contributed by atoms with E-state index in [9.17, 15) is 4.79 Å². The molecule has 1 aromatic heterocycles. The highest BCUT2D eigenvalue weighted by Crippen LogP contribution is 2.12. The van der Waals surface area contributed by atoms with Gasteiger partial charge < -0.3 is 4.74 Å². The van der Waals surface area contributed by atoms with Crippen LogP contribution in [-0.4, -0.2) is 23.7 Å². The Labute approximate surface area is 123 Å². The normalized spacial score (nSPS) is 10.3. The van der Waals surface area contributed by atoms with Gasteiger partial charge in [-0.05, 0) is 30.3 Å². The minimum atomic E-state index is -0.287. The van der Waals surface area contributed by atoms with Gasteiger partial charge in [0.1, 0.15) is 12.4 Å². The molecule has 0 aliphatic heterocycles. The minimum Gasteiger partial charge on any atom is -0.490 e. The lowest BCUT2D eigenvalue weighted by molar-refractivity contribution is 0.0955. The summed E-state index contributed by atoms with van der Waals surface area (Å²) < 4.78 is 5.34. The number of hydrogen-bond donors (Lipinski definition) is 1. The zero-order valence-corrected chi connectivity index (χ0v) is 11.4. The Bertz CT molecular complexity index is 622. The van der Waals surface area contributed by atoms with Gasteiger partial charge in [0.25, 0.3) is 5.91 Å². The van der Waals surface area contributed by atoms with Crippen molar-refractivity contribution in [2.24, 2.45) is 5.10 Å². The Morgan fingerprint density at radius 1 is 1.33 bits per heavy atom. The van der Waals surface area contributed by atoms with E-state index in [4.69, 9.17) is 4.74 Å². The van der Waals surface area contributed by atoms with Crippen LogP contribution in [0.2, 0.25) is 0 Å². The van der Waals surface area contributed by atoms with E-state index in [2.05, 4.69) is 22.1 Å². The number of nitrogens with zero attached hydrogens (tertiary/aromatic N) is 2. The lowest BCUT2D eigenvalue weighted by Gasteiger charge is -2.04. The van der Waals surface area contributed by atoms with E-state index in [1.165, 1.54) is 6.21 Å². The van der Waals surface area contributed by atoms with Crippen molar-refractivity contribution in [1.29, 1.82) is 0 Å². The number of aromatic nitrogens is 1. The van der Waals surface area contributed by atoms with Crippen molar-refractivity contribution in [3.8, 4) is 5.75 Å². The van der Waals surface area contributed by atoms with Gasteiger partial charge in [0, 0.05) is 23.5 Å². The van der Waals surface area contributed by atoms with E-state index in [1.54, 1.807) is 48.8 Å². The smallest absolute Gasteiger partial charge is 0.271 e. The number of hydrazone groups is 1. The average molecular weight is 281 g/mol. The first kappa shape index (κ1) is 14.5. The van der Waals surface area contributed by atoms with Crippen molar-refractivity contribution in [1.82, 2.24) is 10.4 Å². The Hall–Kier alpha value is -2.95. The molecule has 1 amide bonds. The van der Waals surface area contributed by atoms with E-state index in [-0.39, 0.29) is 5.91 Å². The number of hydrogen-bond acceptors (Lipinski definition) is 4. The van der Waals surface area contributed by atoms with E-state index >= 15 is 0 Å². The van der Waals surface area contributed by atoms with Crippen LogP contribution >= 0.6 is 0 Å². The summed E-state index contributed by atoms with van der Waals surface area (Å²) in [5.41, 5.74) is 3.77. The van der Waals surface area contributed by atoms with Crippen LogP contribution in [0.15, 0.2) is 66.5 Å². The molecule has 1 heterocycles. The minimum absolute atomic E-state index is 0.287. The molecular weight excluding hydrogens is 266 g/mol. The Morgan fingerprint density at radius 3 is 2.81 bits per heavy atom. The van der Waals surface area contributed by atoms with E-state index in [1.807, 2.05) is 6.07 Å². The molecule has 0 aliphatic rings. The van der Waals surface area contributed by atoms with Crippen molar-refractivity contribution < 1.29 is 9.53 Å². The number of amides is 1. The van der Waals surface area contributed by atoms with Crippen molar-refractivity contribution >= 4 is 12.1 Å². The highest BCUT2D eigenvalue weighted by Gasteiger charge is 2.03. The van der Waals surface area contributed by atoms with Crippen LogP contribution in [0.1, 0.15) is 15.9 Å². The zero-order valence-electron chi connectivity index (χ0n) is 11.4. The summed E-state index contributed by atoms with van der Waals surface area (Å²) in [6, 6.07) is 10.4. The van der Waals surface area contributed by atoms with Crippen LogP contribution < -0.4 is 10.2 Å². The summed E-state index contributed by atoms with van der Waals surface area (Å²) in [6.45, 7) is 4.00. The molecule has 5 nitrogen and oxygen atoms in total. The lowest BCUT2D eigenvalue weighted by atomic mass is 10.2. The summed E-state index contributed by atoms with van der Waals surface area (Å²) in [7, 11) is 0. The highest BCUT2D eigenvalue weighted by atomic mass is 16.5. The molecule has 0 aliphatic carbocycles. The molecule has 0 radical (unpaired) electrons. The second-order valence-electron chi connectivity index (χ2n) is 4.11. The predicted molar refractivity (Wildman–Crippen MR) is 81.4 cm³/mol. The molecule has 0 unspecified atom stereocenters. The number of nitrogens with one attached hydrogen (secondary N) is 1. The summed E-state index contributed by atoms with van der Waals surface area (Å²) in [5.74, 6) is 0.399. The molecular formula is C16H15N3O2. The van der Waals surface area contributed by atoms with E-state index < -0.39 is 0 Å². The van der Waals surface area contributed by atoms with Gasteiger partial charge in [0.15, 0.2) is 0 Å². The van der Waals surface area contributed by atoms with Crippen LogP contribution in [0.5, 0.6) is 5.75 Å². The van der Waals surface area contributed by atoms with Gasteiger partial charge in [-0.25, -0.2) is 5.43 Å². The molecule has 0 fully saturated rings. The molecule has 106 valence electrons. The lowest BCUT2D eigenvalue weighted by Crippen LogP contribution is -2.17. The van der Waals surface area contributed by atoms with Crippen LogP contribution in [0.25, 0.3) is 0 Å². The highest BCUT2D eigenvalue weighted by molar-refractivity contribution is 5.94. The Balaban J connectivity index is 1.91. The predicted octanol–water partition coefficient (Wildman–Crippen LogP) is 2.41. The second-order valence-corrected chi connectivity index (χ2v) is 4.11. The third-order valence-corrected chi connectivity index (χ3v) is 2.55. The number of pyridine rings is 1.